The Morgan fingerprint density at radius 2 is 1.91 bits per heavy atom. The summed E-state index contributed by atoms with van der Waals surface area (Å²) in [5, 5.41) is 15.0. The number of hydrogen-bond acceptors (Lipinski definition) is 3. The number of hydrogen-bond donors (Lipinski definition) is 2. The molecule has 0 bridgehead atoms. The third-order valence-electron chi connectivity index (χ3n) is 1.70. The Kier molecular flexibility index (Phi) is 3.52. The van der Waals surface area contributed by atoms with Crippen molar-refractivity contribution in [2.24, 2.45) is 5.16 Å². The predicted molar refractivity (Wildman–Crippen MR) is 47.2 cm³/mol. The van der Waals surface area contributed by atoms with Crippen LogP contribution in [0.5, 0.6) is 0 Å². The van der Waals surface area contributed by atoms with E-state index in [2.05, 4.69) is 24.3 Å². The van der Waals surface area contributed by atoms with Crippen molar-refractivity contribution in [1.29, 1.82) is 0 Å². The first-order chi connectivity index (χ1) is 4.90. The molecule has 0 fully saturated rings. The van der Waals surface area contributed by atoms with Crippen molar-refractivity contribution in [2.75, 3.05) is 0 Å². The molecule has 3 nitrogen and oxygen atoms in total. The highest BCUT2D eigenvalue weighted by molar-refractivity contribution is 5.90. The molecule has 0 spiro atoms. The van der Waals surface area contributed by atoms with Gasteiger partial charge in [0.25, 0.3) is 0 Å². The SMILES string of the molecule is CC(=NO)C(C)(C)NC(C)C. The highest BCUT2D eigenvalue weighted by Gasteiger charge is 2.22. The van der Waals surface area contributed by atoms with Gasteiger partial charge in [-0.3, -0.25) is 0 Å². The first-order valence-electron chi connectivity index (χ1n) is 3.87. The van der Waals surface area contributed by atoms with Gasteiger partial charge in [0.1, 0.15) is 0 Å². The Morgan fingerprint density at radius 3 is 2.18 bits per heavy atom. The van der Waals surface area contributed by atoms with Crippen molar-refractivity contribution in [3.8, 4) is 0 Å². The molecule has 0 aliphatic heterocycles. The third-order valence-corrected chi connectivity index (χ3v) is 1.70. The minimum atomic E-state index is -0.219. The maximum absolute atomic E-state index is 8.53. The summed E-state index contributed by atoms with van der Waals surface area (Å²) in [6.07, 6.45) is 0. The minimum absolute atomic E-state index is 0.219. The van der Waals surface area contributed by atoms with E-state index in [1.165, 1.54) is 0 Å². The van der Waals surface area contributed by atoms with Gasteiger partial charge in [-0.2, -0.15) is 0 Å². The lowest BCUT2D eigenvalue weighted by molar-refractivity contribution is 0.309. The molecule has 2 N–H and O–H groups in total. The molecule has 3 heteroatoms. The van der Waals surface area contributed by atoms with Crippen LogP contribution in [-0.2, 0) is 0 Å². The predicted octanol–water partition coefficient (Wildman–Crippen LogP) is 1.61. The second kappa shape index (κ2) is 3.72. The highest BCUT2D eigenvalue weighted by Crippen LogP contribution is 2.06. The van der Waals surface area contributed by atoms with Crippen molar-refractivity contribution in [3.63, 3.8) is 0 Å². The molecule has 0 unspecified atom stereocenters. The summed E-state index contributed by atoms with van der Waals surface area (Å²) >= 11 is 0. The first-order valence-corrected chi connectivity index (χ1v) is 3.87. The largest absolute Gasteiger partial charge is 0.411 e. The topological polar surface area (TPSA) is 44.6 Å². The van der Waals surface area contributed by atoms with Crippen LogP contribution in [0.2, 0.25) is 0 Å². The average Bonchev–Trinajstić information content (AvgIpc) is 1.83. The Balaban J connectivity index is 4.22. The molecule has 0 aliphatic carbocycles. The molecule has 0 aromatic carbocycles. The molecular formula is C8H18N2O. The summed E-state index contributed by atoms with van der Waals surface area (Å²) in [5.41, 5.74) is 0.481. The molecule has 0 heterocycles. The number of rotatable bonds is 3. The molecule has 0 radical (unpaired) electrons. The van der Waals surface area contributed by atoms with Crippen LogP contribution in [0.1, 0.15) is 34.6 Å². The molecule has 0 aliphatic rings. The lowest BCUT2D eigenvalue weighted by Crippen LogP contribution is -2.48. The molecule has 0 amide bonds. The van der Waals surface area contributed by atoms with Gasteiger partial charge in [0.2, 0.25) is 0 Å². The second-order valence-electron chi connectivity index (χ2n) is 3.61. The molecule has 0 saturated carbocycles. The van der Waals surface area contributed by atoms with E-state index in [4.69, 9.17) is 5.21 Å². The Bertz CT molecular complexity index is 150. The molecule has 0 rings (SSSR count). The number of nitrogens with one attached hydrogen (secondary N) is 1. The molecule has 0 aromatic rings. The lowest BCUT2D eigenvalue weighted by atomic mass is 9.99. The van der Waals surface area contributed by atoms with E-state index in [1.807, 2.05) is 13.8 Å². The number of oxime groups is 1. The zero-order valence-electron chi connectivity index (χ0n) is 7.97. The van der Waals surface area contributed by atoms with E-state index in [1.54, 1.807) is 6.92 Å². The molecule has 0 saturated heterocycles. The van der Waals surface area contributed by atoms with Crippen molar-refractivity contribution >= 4 is 5.71 Å². The van der Waals surface area contributed by atoms with Crippen LogP contribution < -0.4 is 5.32 Å². The van der Waals surface area contributed by atoms with Gasteiger partial charge in [-0.25, -0.2) is 0 Å². The van der Waals surface area contributed by atoms with Gasteiger partial charge in [-0.15, -0.1) is 0 Å². The van der Waals surface area contributed by atoms with Gasteiger partial charge in [-0.05, 0) is 20.8 Å². The van der Waals surface area contributed by atoms with Crippen LogP contribution >= 0.6 is 0 Å². The van der Waals surface area contributed by atoms with E-state index >= 15 is 0 Å². The van der Waals surface area contributed by atoms with Crippen LogP contribution in [0.15, 0.2) is 5.16 Å². The quantitative estimate of drug-likeness (QED) is 0.372. The van der Waals surface area contributed by atoms with Gasteiger partial charge < -0.3 is 10.5 Å². The Labute approximate surface area is 68.5 Å². The van der Waals surface area contributed by atoms with E-state index < -0.39 is 0 Å². The van der Waals surface area contributed by atoms with Crippen LogP contribution in [0.25, 0.3) is 0 Å². The van der Waals surface area contributed by atoms with Crippen LogP contribution in [0.4, 0.5) is 0 Å². The van der Waals surface area contributed by atoms with Gasteiger partial charge >= 0.3 is 0 Å². The van der Waals surface area contributed by atoms with Gasteiger partial charge in [0, 0.05) is 6.04 Å². The standard InChI is InChI=1S/C8H18N2O/c1-6(2)9-8(4,5)7(3)10-11/h6,9,11H,1-5H3. The second-order valence-corrected chi connectivity index (χ2v) is 3.61. The molecule has 11 heavy (non-hydrogen) atoms. The Hall–Kier alpha value is -0.570. The van der Waals surface area contributed by atoms with E-state index in [9.17, 15) is 0 Å². The number of nitrogens with zero attached hydrogens (tertiary/aromatic N) is 1. The first kappa shape index (κ1) is 10.4. The zero-order chi connectivity index (χ0) is 9.07. The van der Waals surface area contributed by atoms with Crippen molar-refractivity contribution < 1.29 is 5.21 Å². The maximum Gasteiger partial charge on any atom is 0.0734 e. The smallest absolute Gasteiger partial charge is 0.0734 e. The third kappa shape index (κ3) is 3.37. The van der Waals surface area contributed by atoms with E-state index in [-0.39, 0.29) is 5.54 Å². The summed E-state index contributed by atoms with van der Waals surface area (Å²) in [6.45, 7) is 9.90. The van der Waals surface area contributed by atoms with E-state index in [0.29, 0.717) is 11.8 Å². The fourth-order valence-electron chi connectivity index (χ4n) is 0.951. The zero-order valence-corrected chi connectivity index (χ0v) is 7.97. The summed E-state index contributed by atoms with van der Waals surface area (Å²) in [7, 11) is 0. The van der Waals surface area contributed by atoms with Gasteiger partial charge in [-0.1, -0.05) is 19.0 Å². The van der Waals surface area contributed by atoms with Gasteiger partial charge in [0.15, 0.2) is 0 Å². The maximum atomic E-state index is 8.53. The highest BCUT2D eigenvalue weighted by atomic mass is 16.4. The van der Waals surface area contributed by atoms with Crippen LogP contribution in [0.3, 0.4) is 0 Å². The van der Waals surface area contributed by atoms with Crippen molar-refractivity contribution in [1.82, 2.24) is 5.32 Å². The molecule has 66 valence electrons. The molecule has 0 atom stereocenters. The fraction of sp³-hybridized carbons (Fsp3) is 0.875. The summed E-state index contributed by atoms with van der Waals surface area (Å²) < 4.78 is 0. The van der Waals surface area contributed by atoms with Gasteiger partial charge in [0.05, 0.1) is 11.3 Å². The fourth-order valence-corrected chi connectivity index (χ4v) is 0.951. The summed E-state index contributed by atoms with van der Waals surface area (Å²) in [4.78, 5) is 0. The molecule has 0 aromatic heterocycles. The van der Waals surface area contributed by atoms with Crippen LogP contribution in [0, 0.1) is 0 Å². The minimum Gasteiger partial charge on any atom is -0.411 e. The van der Waals surface area contributed by atoms with E-state index in [0.717, 1.165) is 0 Å². The van der Waals surface area contributed by atoms with Crippen molar-refractivity contribution in [2.45, 2.75) is 46.2 Å². The van der Waals surface area contributed by atoms with Crippen LogP contribution in [-0.4, -0.2) is 22.5 Å². The normalized spacial score (nSPS) is 14.2. The Morgan fingerprint density at radius 1 is 1.45 bits per heavy atom. The summed E-state index contributed by atoms with van der Waals surface area (Å²) in [5.74, 6) is 0. The molecular weight excluding hydrogens is 140 g/mol. The average molecular weight is 158 g/mol. The lowest BCUT2D eigenvalue weighted by Gasteiger charge is -2.27. The van der Waals surface area contributed by atoms with Crippen molar-refractivity contribution in [3.05, 3.63) is 0 Å². The monoisotopic (exact) mass is 158 g/mol. The summed E-state index contributed by atoms with van der Waals surface area (Å²) in [6, 6.07) is 0.390.